The molecule has 0 saturated carbocycles. The van der Waals surface area contributed by atoms with Gasteiger partial charge in [-0.05, 0) is 29.7 Å². The summed E-state index contributed by atoms with van der Waals surface area (Å²) in [4.78, 5) is 27.2. The number of benzene rings is 2. The molecule has 148 valence electrons. The summed E-state index contributed by atoms with van der Waals surface area (Å²) < 4.78 is 10.5. The van der Waals surface area contributed by atoms with Crippen molar-refractivity contribution in [3.05, 3.63) is 48.0 Å². The highest BCUT2D eigenvalue weighted by Crippen LogP contribution is 2.34. The summed E-state index contributed by atoms with van der Waals surface area (Å²) in [5.41, 5.74) is 2.55. The van der Waals surface area contributed by atoms with Gasteiger partial charge in [0.1, 0.15) is 11.5 Å². The molecule has 0 spiro atoms. The van der Waals surface area contributed by atoms with Gasteiger partial charge in [-0.15, -0.1) is 0 Å². The second-order valence-electron chi connectivity index (χ2n) is 7.17. The van der Waals surface area contributed by atoms with Gasteiger partial charge in [0.15, 0.2) is 0 Å². The second kappa shape index (κ2) is 8.33. The Morgan fingerprint density at radius 1 is 1.14 bits per heavy atom. The van der Waals surface area contributed by atoms with E-state index in [1.807, 2.05) is 24.3 Å². The molecule has 1 aliphatic rings. The van der Waals surface area contributed by atoms with Crippen molar-refractivity contribution in [2.45, 2.75) is 26.2 Å². The summed E-state index contributed by atoms with van der Waals surface area (Å²) in [5.74, 6) is 0.803. The van der Waals surface area contributed by atoms with Crippen molar-refractivity contribution in [2.24, 2.45) is 5.92 Å². The Morgan fingerprint density at radius 2 is 1.89 bits per heavy atom. The number of nitrogens with zero attached hydrogens (tertiary/aromatic N) is 1. The fourth-order valence-electron chi connectivity index (χ4n) is 3.47. The molecule has 0 aliphatic carbocycles. The molecule has 2 amide bonds. The molecule has 0 aromatic heterocycles. The number of para-hydroxylation sites is 1. The number of carbonyl (C=O) groups excluding carboxylic acids is 2. The summed E-state index contributed by atoms with van der Waals surface area (Å²) >= 11 is 0. The second-order valence-corrected chi connectivity index (χ2v) is 7.17. The minimum absolute atomic E-state index is 0.0325. The largest absolute Gasteiger partial charge is 0.497 e. The van der Waals surface area contributed by atoms with E-state index >= 15 is 0 Å². The van der Waals surface area contributed by atoms with Gasteiger partial charge in [-0.3, -0.25) is 9.59 Å². The molecular formula is C22H26N2O4. The SMILES string of the molecule is COc1ccc(NC(=O)C2CC(=O)N(c3ccccc3C(C)C)C2)c(OC)c1. The standard InChI is InChI=1S/C22H26N2O4/c1-14(2)17-7-5-6-8-19(17)24-13-15(11-21(24)25)22(26)23-18-10-9-16(27-3)12-20(18)28-4/h5-10,12,14-15H,11,13H2,1-4H3,(H,23,26). The molecule has 1 unspecified atom stereocenters. The molecule has 28 heavy (non-hydrogen) atoms. The molecule has 1 saturated heterocycles. The average Bonchev–Trinajstić information content (AvgIpc) is 3.09. The quantitative estimate of drug-likeness (QED) is 0.825. The zero-order valence-corrected chi connectivity index (χ0v) is 16.7. The molecule has 6 heteroatoms. The van der Waals surface area contributed by atoms with Gasteiger partial charge in [0, 0.05) is 24.7 Å². The monoisotopic (exact) mass is 382 g/mol. The first-order valence-corrected chi connectivity index (χ1v) is 9.36. The third-order valence-corrected chi connectivity index (χ3v) is 5.01. The predicted octanol–water partition coefficient (Wildman–Crippen LogP) is 3.82. The van der Waals surface area contributed by atoms with Crippen LogP contribution in [-0.2, 0) is 9.59 Å². The van der Waals surface area contributed by atoms with Crippen LogP contribution in [-0.4, -0.2) is 32.6 Å². The lowest BCUT2D eigenvalue weighted by atomic mass is 10.0. The zero-order chi connectivity index (χ0) is 20.3. The predicted molar refractivity (Wildman–Crippen MR) is 109 cm³/mol. The highest BCUT2D eigenvalue weighted by molar-refractivity contribution is 6.04. The molecule has 1 heterocycles. The lowest BCUT2D eigenvalue weighted by Gasteiger charge is -2.22. The van der Waals surface area contributed by atoms with Gasteiger partial charge in [0.25, 0.3) is 0 Å². The first kappa shape index (κ1) is 19.7. The molecule has 2 aromatic rings. The van der Waals surface area contributed by atoms with Gasteiger partial charge in [0.05, 0.1) is 25.8 Å². The van der Waals surface area contributed by atoms with E-state index in [9.17, 15) is 9.59 Å². The molecule has 2 aromatic carbocycles. The molecule has 1 aliphatic heterocycles. The summed E-state index contributed by atoms with van der Waals surface area (Å²) in [6.45, 7) is 4.56. The fraction of sp³-hybridized carbons (Fsp3) is 0.364. The van der Waals surface area contributed by atoms with E-state index in [1.165, 1.54) is 7.11 Å². The molecule has 0 radical (unpaired) electrons. The van der Waals surface area contributed by atoms with Crippen LogP contribution < -0.4 is 19.7 Å². The van der Waals surface area contributed by atoms with Gasteiger partial charge >= 0.3 is 0 Å². The Labute approximate surface area is 165 Å². The van der Waals surface area contributed by atoms with Crippen LogP contribution in [0.4, 0.5) is 11.4 Å². The minimum Gasteiger partial charge on any atom is -0.497 e. The van der Waals surface area contributed by atoms with E-state index in [0.29, 0.717) is 29.6 Å². The number of ether oxygens (including phenoxy) is 2. The van der Waals surface area contributed by atoms with Crippen molar-refractivity contribution < 1.29 is 19.1 Å². The summed E-state index contributed by atoms with van der Waals surface area (Å²) in [6, 6.07) is 13.1. The Morgan fingerprint density at radius 3 is 2.57 bits per heavy atom. The van der Waals surface area contributed by atoms with E-state index in [2.05, 4.69) is 19.2 Å². The van der Waals surface area contributed by atoms with Crippen molar-refractivity contribution in [2.75, 3.05) is 31.0 Å². The van der Waals surface area contributed by atoms with Gasteiger partial charge in [-0.25, -0.2) is 0 Å². The maximum Gasteiger partial charge on any atom is 0.229 e. The number of nitrogens with one attached hydrogen (secondary N) is 1. The number of carbonyl (C=O) groups is 2. The zero-order valence-electron chi connectivity index (χ0n) is 16.7. The smallest absolute Gasteiger partial charge is 0.229 e. The van der Waals surface area contributed by atoms with E-state index in [1.54, 1.807) is 30.2 Å². The molecular weight excluding hydrogens is 356 g/mol. The lowest BCUT2D eigenvalue weighted by Crippen LogP contribution is -2.29. The first-order valence-electron chi connectivity index (χ1n) is 9.36. The van der Waals surface area contributed by atoms with Crippen LogP contribution in [0.25, 0.3) is 0 Å². The third kappa shape index (κ3) is 3.96. The number of anilines is 2. The Balaban J connectivity index is 1.76. The maximum atomic E-state index is 12.8. The van der Waals surface area contributed by atoms with Crippen LogP contribution in [0.1, 0.15) is 31.7 Å². The van der Waals surface area contributed by atoms with Crippen molar-refractivity contribution in [3.8, 4) is 11.5 Å². The summed E-state index contributed by atoms with van der Waals surface area (Å²) in [6.07, 6.45) is 0.191. The fourth-order valence-corrected chi connectivity index (χ4v) is 3.47. The minimum atomic E-state index is -0.417. The van der Waals surface area contributed by atoms with Crippen LogP contribution in [0.15, 0.2) is 42.5 Å². The molecule has 0 bridgehead atoms. The Bertz CT molecular complexity index is 879. The van der Waals surface area contributed by atoms with Gasteiger partial charge in [-0.2, -0.15) is 0 Å². The van der Waals surface area contributed by atoms with Crippen LogP contribution in [0.3, 0.4) is 0 Å². The van der Waals surface area contributed by atoms with Crippen LogP contribution in [0.5, 0.6) is 11.5 Å². The highest BCUT2D eigenvalue weighted by Gasteiger charge is 2.36. The first-order chi connectivity index (χ1) is 13.4. The highest BCUT2D eigenvalue weighted by atomic mass is 16.5. The number of methoxy groups -OCH3 is 2. The van der Waals surface area contributed by atoms with Crippen molar-refractivity contribution in [1.82, 2.24) is 0 Å². The number of rotatable bonds is 6. The normalized spacial score (nSPS) is 16.4. The molecule has 6 nitrogen and oxygen atoms in total. The maximum absolute atomic E-state index is 12.8. The third-order valence-electron chi connectivity index (χ3n) is 5.01. The van der Waals surface area contributed by atoms with Crippen molar-refractivity contribution in [3.63, 3.8) is 0 Å². The molecule has 1 atom stereocenters. The van der Waals surface area contributed by atoms with Crippen LogP contribution in [0, 0.1) is 5.92 Å². The Hall–Kier alpha value is -3.02. The van der Waals surface area contributed by atoms with E-state index in [4.69, 9.17) is 9.47 Å². The number of hydrogen-bond donors (Lipinski definition) is 1. The van der Waals surface area contributed by atoms with Gasteiger partial charge in [-0.1, -0.05) is 32.0 Å². The topological polar surface area (TPSA) is 67.9 Å². The van der Waals surface area contributed by atoms with Gasteiger partial charge in [0.2, 0.25) is 11.8 Å². The van der Waals surface area contributed by atoms with Crippen molar-refractivity contribution >= 4 is 23.2 Å². The Kier molecular flexibility index (Phi) is 5.87. The molecule has 1 N–H and O–H groups in total. The average molecular weight is 382 g/mol. The van der Waals surface area contributed by atoms with E-state index < -0.39 is 5.92 Å². The van der Waals surface area contributed by atoms with E-state index in [0.717, 1.165) is 11.3 Å². The van der Waals surface area contributed by atoms with Crippen LogP contribution >= 0.6 is 0 Å². The molecule has 3 rings (SSSR count). The lowest BCUT2D eigenvalue weighted by molar-refractivity contribution is -0.122. The van der Waals surface area contributed by atoms with Crippen LogP contribution in [0.2, 0.25) is 0 Å². The van der Waals surface area contributed by atoms with Gasteiger partial charge < -0.3 is 19.7 Å². The number of hydrogen-bond acceptors (Lipinski definition) is 4. The summed E-state index contributed by atoms with van der Waals surface area (Å²) in [5, 5.41) is 2.89. The van der Waals surface area contributed by atoms with E-state index in [-0.39, 0.29) is 18.2 Å². The number of amides is 2. The summed E-state index contributed by atoms with van der Waals surface area (Å²) in [7, 11) is 3.11. The molecule has 1 fully saturated rings. The van der Waals surface area contributed by atoms with Crippen molar-refractivity contribution in [1.29, 1.82) is 0 Å².